The molecule has 0 unspecified atom stereocenters. The number of anilines is 1. The lowest BCUT2D eigenvalue weighted by Gasteiger charge is -2.29. The molecule has 0 aliphatic heterocycles. The fourth-order valence-corrected chi connectivity index (χ4v) is 3.06. The first-order chi connectivity index (χ1) is 9.72. The molecular weight excluding hydrogens is 248 g/mol. The van der Waals surface area contributed by atoms with Gasteiger partial charge >= 0.3 is 0 Å². The molecule has 1 aromatic rings. The van der Waals surface area contributed by atoms with Gasteiger partial charge in [-0.2, -0.15) is 0 Å². The summed E-state index contributed by atoms with van der Waals surface area (Å²) < 4.78 is 0. The van der Waals surface area contributed by atoms with E-state index in [1.54, 1.807) is 0 Å². The molecule has 1 aromatic carbocycles. The van der Waals surface area contributed by atoms with Gasteiger partial charge in [-0.15, -0.1) is 0 Å². The second-order valence-corrected chi connectivity index (χ2v) is 5.81. The molecule has 110 valence electrons. The van der Waals surface area contributed by atoms with Gasteiger partial charge in [0.25, 0.3) is 5.91 Å². The molecule has 20 heavy (non-hydrogen) atoms. The van der Waals surface area contributed by atoms with Gasteiger partial charge in [0, 0.05) is 24.3 Å². The summed E-state index contributed by atoms with van der Waals surface area (Å²) in [5.74, 6) is 0.939. The molecule has 0 atom stereocenters. The van der Waals surface area contributed by atoms with Crippen LogP contribution in [-0.2, 0) is 0 Å². The van der Waals surface area contributed by atoms with Gasteiger partial charge in [0.05, 0.1) is 0 Å². The second-order valence-electron chi connectivity index (χ2n) is 5.81. The molecule has 0 bridgehead atoms. The summed E-state index contributed by atoms with van der Waals surface area (Å²) in [7, 11) is 1.88. The van der Waals surface area contributed by atoms with Crippen molar-refractivity contribution in [2.75, 3.05) is 12.4 Å². The Morgan fingerprint density at radius 3 is 2.35 bits per heavy atom. The highest BCUT2D eigenvalue weighted by atomic mass is 16.1. The van der Waals surface area contributed by atoms with Crippen molar-refractivity contribution >= 4 is 11.6 Å². The topological polar surface area (TPSA) is 41.1 Å². The first kappa shape index (κ1) is 14.9. The smallest absolute Gasteiger partial charge is 0.251 e. The second kappa shape index (κ2) is 7.32. The number of carbonyl (C=O) groups is 1. The maximum Gasteiger partial charge on any atom is 0.251 e. The van der Waals surface area contributed by atoms with Crippen LogP contribution in [0.2, 0.25) is 0 Å². The van der Waals surface area contributed by atoms with Crippen molar-refractivity contribution in [2.45, 2.75) is 51.5 Å². The van der Waals surface area contributed by atoms with Crippen molar-refractivity contribution in [3.8, 4) is 0 Å². The Morgan fingerprint density at radius 1 is 1.15 bits per heavy atom. The van der Waals surface area contributed by atoms with Crippen molar-refractivity contribution in [1.82, 2.24) is 5.32 Å². The molecule has 1 amide bonds. The van der Waals surface area contributed by atoms with E-state index in [-0.39, 0.29) is 5.91 Å². The van der Waals surface area contributed by atoms with Crippen LogP contribution in [0.5, 0.6) is 0 Å². The van der Waals surface area contributed by atoms with Gasteiger partial charge in [-0.25, -0.2) is 0 Å². The highest BCUT2D eigenvalue weighted by molar-refractivity contribution is 5.94. The Bertz CT molecular complexity index is 419. The highest BCUT2D eigenvalue weighted by Gasteiger charge is 2.22. The molecule has 0 radical (unpaired) electrons. The summed E-state index contributed by atoms with van der Waals surface area (Å²) in [6, 6.07) is 7.99. The maximum atomic E-state index is 12.2. The largest absolute Gasteiger partial charge is 0.388 e. The summed E-state index contributed by atoms with van der Waals surface area (Å²) in [6.45, 7) is 2.25. The van der Waals surface area contributed by atoms with E-state index in [0.29, 0.717) is 6.04 Å². The minimum atomic E-state index is 0.0617. The number of rotatable bonds is 5. The Hall–Kier alpha value is -1.51. The molecule has 1 saturated carbocycles. The Balaban J connectivity index is 1.82. The Labute approximate surface area is 122 Å². The molecule has 2 rings (SSSR count). The standard InChI is InChI=1S/C17H26N2O/c1-3-4-13-5-9-16(10-6-13)19-17(20)14-7-11-15(18-2)12-8-14/h7-8,11-13,16,18H,3-6,9-10H2,1-2H3,(H,19,20). The monoisotopic (exact) mass is 274 g/mol. The summed E-state index contributed by atoms with van der Waals surface area (Å²) in [6.07, 6.45) is 7.40. The van der Waals surface area contributed by atoms with Gasteiger partial charge in [0.1, 0.15) is 0 Å². The van der Waals surface area contributed by atoms with Crippen molar-refractivity contribution in [1.29, 1.82) is 0 Å². The fourth-order valence-electron chi connectivity index (χ4n) is 3.06. The highest BCUT2D eigenvalue weighted by Crippen LogP contribution is 2.27. The van der Waals surface area contributed by atoms with E-state index in [0.717, 1.165) is 30.0 Å². The number of hydrogen-bond acceptors (Lipinski definition) is 2. The number of carbonyl (C=O) groups excluding carboxylic acids is 1. The van der Waals surface area contributed by atoms with Crippen LogP contribution in [0.3, 0.4) is 0 Å². The zero-order valence-corrected chi connectivity index (χ0v) is 12.6. The third-order valence-corrected chi connectivity index (χ3v) is 4.31. The molecule has 0 heterocycles. The molecule has 3 heteroatoms. The quantitative estimate of drug-likeness (QED) is 0.857. The van der Waals surface area contributed by atoms with E-state index in [4.69, 9.17) is 0 Å². The lowest BCUT2D eigenvalue weighted by molar-refractivity contribution is 0.0921. The third kappa shape index (κ3) is 3.99. The van der Waals surface area contributed by atoms with E-state index in [2.05, 4.69) is 17.6 Å². The molecule has 2 N–H and O–H groups in total. The zero-order valence-electron chi connectivity index (χ0n) is 12.6. The van der Waals surface area contributed by atoms with E-state index < -0.39 is 0 Å². The average molecular weight is 274 g/mol. The normalized spacial score (nSPS) is 22.3. The van der Waals surface area contributed by atoms with Gasteiger partial charge in [0.15, 0.2) is 0 Å². The minimum Gasteiger partial charge on any atom is -0.388 e. The molecule has 1 aliphatic rings. The van der Waals surface area contributed by atoms with Gasteiger partial charge in [-0.3, -0.25) is 4.79 Å². The molecule has 1 aliphatic carbocycles. The summed E-state index contributed by atoms with van der Waals surface area (Å²) in [4.78, 5) is 12.2. The average Bonchev–Trinajstić information content (AvgIpc) is 2.49. The van der Waals surface area contributed by atoms with Crippen LogP contribution < -0.4 is 10.6 Å². The first-order valence-corrected chi connectivity index (χ1v) is 7.81. The zero-order chi connectivity index (χ0) is 14.4. The Kier molecular flexibility index (Phi) is 5.45. The van der Waals surface area contributed by atoms with Gasteiger partial charge < -0.3 is 10.6 Å². The number of benzene rings is 1. The minimum absolute atomic E-state index is 0.0617. The van der Waals surface area contributed by atoms with Crippen LogP contribution >= 0.6 is 0 Å². The van der Waals surface area contributed by atoms with Gasteiger partial charge in [-0.1, -0.05) is 19.8 Å². The van der Waals surface area contributed by atoms with Crippen LogP contribution in [-0.4, -0.2) is 19.0 Å². The molecule has 0 saturated heterocycles. The van der Waals surface area contributed by atoms with Gasteiger partial charge in [-0.05, 0) is 55.9 Å². The van der Waals surface area contributed by atoms with Crippen LogP contribution in [0, 0.1) is 5.92 Å². The predicted octanol–water partition coefficient (Wildman–Crippen LogP) is 3.82. The van der Waals surface area contributed by atoms with E-state index in [9.17, 15) is 4.79 Å². The number of nitrogens with one attached hydrogen (secondary N) is 2. The van der Waals surface area contributed by atoms with Crippen molar-refractivity contribution in [3.05, 3.63) is 29.8 Å². The third-order valence-electron chi connectivity index (χ3n) is 4.31. The van der Waals surface area contributed by atoms with E-state index in [1.807, 2.05) is 31.3 Å². The number of hydrogen-bond donors (Lipinski definition) is 2. The van der Waals surface area contributed by atoms with E-state index in [1.165, 1.54) is 25.7 Å². The fraction of sp³-hybridized carbons (Fsp3) is 0.588. The first-order valence-electron chi connectivity index (χ1n) is 7.81. The molecular formula is C17H26N2O. The lowest BCUT2D eigenvalue weighted by atomic mass is 9.83. The number of amides is 1. The van der Waals surface area contributed by atoms with Crippen LogP contribution in [0.1, 0.15) is 55.8 Å². The van der Waals surface area contributed by atoms with Crippen molar-refractivity contribution in [3.63, 3.8) is 0 Å². The molecule has 0 aromatic heterocycles. The summed E-state index contributed by atoms with van der Waals surface area (Å²) >= 11 is 0. The molecule has 0 spiro atoms. The molecule has 1 fully saturated rings. The molecule has 3 nitrogen and oxygen atoms in total. The Morgan fingerprint density at radius 2 is 1.80 bits per heavy atom. The lowest BCUT2D eigenvalue weighted by Crippen LogP contribution is -2.37. The van der Waals surface area contributed by atoms with Gasteiger partial charge in [0.2, 0.25) is 0 Å². The van der Waals surface area contributed by atoms with Crippen LogP contribution in [0.4, 0.5) is 5.69 Å². The maximum absolute atomic E-state index is 12.2. The summed E-state index contributed by atoms with van der Waals surface area (Å²) in [5.41, 5.74) is 1.78. The predicted molar refractivity (Wildman–Crippen MR) is 84.1 cm³/mol. The van der Waals surface area contributed by atoms with Crippen molar-refractivity contribution < 1.29 is 4.79 Å². The van der Waals surface area contributed by atoms with Crippen molar-refractivity contribution in [2.24, 2.45) is 5.92 Å². The summed E-state index contributed by atoms with van der Waals surface area (Å²) in [5, 5.41) is 6.24. The van der Waals surface area contributed by atoms with Crippen LogP contribution in [0.25, 0.3) is 0 Å². The van der Waals surface area contributed by atoms with E-state index >= 15 is 0 Å². The SMILES string of the molecule is CCCC1CCC(NC(=O)c2ccc(NC)cc2)CC1. The van der Waals surface area contributed by atoms with Crippen LogP contribution in [0.15, 0.2) is 24.3 Å².